The highest BCUT2D eigenvalue weighted by Gasteiger charge is 2.23. The number of aliphatic hydroxyl groups is 1. The zero-order valence-electron chi connectivity index (χ0n) is 8.65. The summed E-state index contributed by atoms with van der Waals surface area (Å²) in [5, 5.41) is 9.54. The van der Waals surface area contributed by atoms with Gasteiger partial charge in [-0.05, 0) is 13.3 Å². The van der Waals surface area contributed by atoms with Gasteiger partial charge in [-0.15, -0.1) is 0 Å². The zero-order valence-corrected chi connectivity index (χ0v) is 9.41. The molecule has 1 aliphatic heterocycles. The molecule has 1 aromatic rings. The summed E-state index contributed by atoms with van der Waals surface area (Å²) in [6, 6.07) is 0. The van der Waals surface area contributed by atoms with E-state index in [0.717, 1.165) is 25.1 Å². The highest BCUT2D eigenvalue weighted by Crippen LogP contribution is 2.22. The van der Waals surface area contributed by atoms with Gasteiger partial charge in [-0.2, -0.15) is 0 Å². The summed E-state index contributed by atoms with van der Waals surface area (Å²) >= 11 is 5.94. The molecule has 82 valence electrons. The lowest BCUT2D eigenvalue weighted by atomic mass is 10.1. The van der Waals surface area contributed by atoms with E-state index in [1.165, 1.54) is 0 Å². The first kappa shape index (κ1) is 10.6. The fraction of sp³-hybridized carbons (Fsp3) is 0.600. The van der Waals surface area contributed by atoms with E-state index in [9.17, 15) is 0 Å². The molecule has 1 N–H and O–H groups in total. The topological polar surface area (TPSA) is 49.2 Å². The quantitative estimate of drug-likeness (QED) is 0.773. The largest absolute Gasteiger partial charge is 0.396 e. The molecule has 0 amide bonds. The Labute approximate surface area is 93.9 Å². The van der Waals surface area contributed by atoms with Crippen LogP contribution in [0.2, 0.25) is 5.15 Å². The molecule has 4 nitrogen and oxygen atoms in total. The lowest BCUT2D eigenvalue weighted by Gasteiger charge is -2.16. The number of anilines is 1. The predicted octanol–water partition coefficient (Wildman–Crippen LogP) is 1.26. The molecule has 1 aromatic heterocycles. The number of aromatic nitrogens is 2. The number of aryl methyl sites for hydroxylation is 1. The maximum absolute atomic E-state index is 9.04. The van der Waals surface area contributed by atoms with Crippen molar-refractivity contribution in [2.45, 2.75) is 13.3 Å². The number of nitrogens with zero attached hydrogens (tertiary/aromatic N) is 3. The van der Waals surface area contributed by atoms with E-state index in [-0.39, 0.29) is 6.61 Å². The van der Waals surface area contributed by atoms with Gasteiger partial charge in [0, 0.05) is 37.4 Å². The van der Waals surface area contributed by atoms with Crippen molar-refractivity contribution in [1.29, 1.82) is 0 Å². The summed E-state index contributed by atoms with van der Waals surface area (Å²) in [7, 11) is 0. The third kappa shape index (κ3) is 2.21. The van der Waals surface area contributed by atoms with Gasteiger partial charge < -0.3 is 10.0 Å². The van der Waals surface area contributed by atoms with Crippen molar-refractivity contribution in [1.82, 2.24) is 9.97 Å². The number of halogens is 1. The third-order valence-corrected chi connectivity index (χ3v) is 3.11. The second-order valence-corrected chi connectivity index (χ2v) is 4.29. The SMILES string of the molecule is Cc1cnc(N2CC[C@H](CO)C2)nc1Cl. The van der Waals surface area contributed by atoms with Crippen LogP contribution in [0, 0.1) is 12.8 Å². The summed E-state index contributed by atoms with van der Waals surface area (Å²) in [5.41, 5.74) is 0.887. The molecule has 0 saturated carbocycles. The first-order valence-corrected chi connectivity index (χ1v) is 5.43. The van der Waals surface area contributed by atoms with Crippen LogP contribution in [-0.2, 0) is 0 Å². The van der Waals surface area contributed by atoms with Crippen molar-refractivity contribution in [3.05, 3.63) is 16.9 Å². The maximum Gasteiger partial charge on any atom is 0.226 e. The fourth-order valence-electron chi connectivity index (χ4n) is 1.73. The minimum absolute atomic E-state index is 0.232. The molecule has 0 unspecified atom stereocenters. The van der Waals surface area contributed by atoms with Crippen LogP contribution in [0.1, 0.15) is 12.0 Å². The molecule has 2 heterocycles. The first-order chi connectivity index (χ1) is 7.20. The molecule has 0 aliphatic carbocycles. The third-order valence-electron chi connectivity index (χ3n) is 2.72. The summed E-state index contributed by atoms with van der Waals surface area (Å²) in [5.74, 6) is 1.01. The second kappa shape index (κ2) is 4.33. The van der Waals surface area contributed by atoms with Crippen molar-refractivity contribution in [3.63, 3.8) is 0 Å². The van der Waals surface area contributed by atoms with Crippen molar-refractivity contribution in [3.8, 4) is 0 Å². The van der Waals surface area contributed by atoms with Gasteiger partial charge in [0.2, 0.25) is 5.95 Å². The van der Waals surface area contributed by atoms with Crippen LogP contribution >= 0.6 is 11.6 Å². The molecule has 15 heavy (non-hydrogen) atoms. The molecule has 0 bridgehead atoms. The Balaban J connectivity index is 2.13. The Morgan fingerprint density at radius 3 is 3.07 bits per heavy atom. The maximum atomic E-state index is 9.04. The van der Waals surface area contributed by atoms with E-state index < -0.39 is 0 Å². The fourth-order valence-corrected chi connectivity index (χ4v) is 1.85. The summed E-state index contributed by atoms with van der Waals surface area (Å²) in [6.45, 7) is 3.82. The van der Waals surface area contributed by atoms with Crippen LogP contribution in [0.15, 0.2) is 6.20 Å². The summed E-state index contributed by atoms with van der Waals surface area (Å²) in [4.78, 5) is 10.5. The minimum Gasteiger partial charge on any atom is -0.396 e. The van der Waals surface area contributed by atoms with Crippen molar-refractivity contribution >= 4 is 17.5 Å². The molecule has 0 spiro atoms. The summed E-state index contributed by atoms with van der Waals surface area (Å²) < 4.78 is 0. The second-order valence-electron chi connectivity index (χ2n) is 3.93. The smallest absolute Gasteiger partial charge is 0.226 e. The molecule has 1 atom stereocenters. The Hall–Kier alpha value is -0.870. The molecule has 1 saturated heterocycles. The average Bonchev–Trinajstić information content (AvgIpc) is 2.70. The minimum atomic E-state index is 0.232. The molecule has 1 fully saturated rings. The van der Waals surface area contributed by atoms with Gasteiger partial charge in [0.05, 0.1) is 0 Å². The van der Waals surface area contributed by atoms with Gasteiger partial charge in [-0.25, -0.2) is 9.97 Å². The van der Waals surface area contributed by atoms with Gasteiger partial charge in [0.1, 0.15) is 5.15 Å². The molecular weight excluding hydrogens is 214 g/mol. The van der Waals surface area contributed by atoms with E-state index in [0.29, 0.717) is 17.0 Å². The van der Waals surface area contributed by atoms with E-state index in [1.807, 2.05) is 6.92 Å². The number of aliphatic hydroxyl groups excluding tert-OH is 1. The van der Waals surface area contributed by atoms with E-state index in [1.54, 1.807) is 6.20 Å². The monoisotopic (exact) mass is 227 g/mol. The average molecular weight is 228 g/mol. The number of hydrogen-bond donors (Lipinski definition) is 1. The molecule has 5 heteroatoms. The Bertz CT molecular complexity index is 359. The Kier molecular flexibility index (Phi) is 3.07. The van der Waals surface area contributed by atoms with Crippen LogP contribution in [0.4, 0.5) is 5.95 Å². The van der Waals surface area contributed by atoms with Crippen molar-refractivity contribution in [2.24, 2.45) is 5.92 Å². The number of rotatable bonds is 2. The van der Waals surface area contributed by atoms with E-state index in [4.69, 9.17) is 16.7 Å². The predicted molar refractivity (Wildman–Crippen MR) is 59.2 cm³/mol. The standard InChI is InChI=1S/C10H14ClN3O/c1-7-4-12-10(13-9(7)11)14-3-2-8(5-14)6-15/h4,8,15H,2-3,5-6H2,1H3/t8-/m0/s1. The van der Waals surface area contributed by atoms with Crippen LogP contribution in [0.25, 0.3) is 0 Å². The lowest BCUT2D eigenvalue weighted by Crippen LogP contribution is -2.22. The van der Waals surface area contributed by atoms with E-state index >= 15 is 0 Å². The lowest BCUT2D eigenvalue weighted by molar-refractivity contribution is 0.238. The van der Waals surface area contributed by atoms with Crippen LogP contribution < -0.4 is 4.90 Å². The van der Waals surface area contributed by atoms with Crippen LogP contribution in [0.3, 0.4) is 0 Å². The number of hydrogen-bond acceptors (Lipinski definition) is 4. The van der Waals surface area contributed by atoms with Gasteiger partial charge in [0.25, 0.3) is 0 Å². The van der Waals surface area contributed by atoms with Gasteiger partial charge in [0.15, 0.2) is 0 Å². The Morgan fingerprint density at radius 1 is 1.67 bits per heavy atom. The normalized spacial score (nSPS) is 21.0. The highest BCUT2D eigenvalue weighted by atomic mass is 35.5. The molecule has 0 radical (unpaired) electrons. The molecule has 1 aliphatic rings. The van der Waals surface area contributed by atoms with Crippen molar-refractivity contribution in [2.75, 3.05) is 24.6 Å². The van der Waals surface area contributed by atoms with Crippen molar-refractivity contribution < 1.29 is 5.11 Å². The van der Waals surface area contributed by atoms with Gasteiger partial charge >= 0.3 is 0 Å². The van der Waals surface area contributed by atoms with Crippen LogP contribution in [-0.4, -0.2) is 34.8 Å². The van der Waals surface area contributed by atoms with Crippen LogP contribution in [0.5, 0.6) is 0 Å². The molecular formula is C10H14ClN3O. The first-order valence-electron chi connectivity index (χ1n) is 5.05. The molecule has 2 rings (SSSR count). The molecule has 0 aromatic carbocycles. The van der Waals surface area contributed by atoms with Gasteiger partial charge in [-0.3, -0.25) is 0 Å². The van der Waals surface area contributed by atoms with Gasteiger partial charge in [-0.1, -0.05) is 11.6 Å². The Morgan fingerprint density at radius 2 is 2.47 bits per heavy atom. The highest BCUT2D eigenvalue weighted by molar-refractivity contribution is 6.30. The van der Waals surface area contributed by atoms with E-state index in [2.05, 4.69) is 14.9 Å². The zero-order chi connectivity index (χ0) is 10.8. The summed E-state index contributed by atoms with van der Waals surface area (Å²) in [6.07, 6.45) is 2.72.